The van der Waals surface area contributed by atoms with Gasteiger partial charge in [0.05, 0.1) is 36.4 Å². The van der Waals surface area contributed by atoms with Crippen molar-refractivity contribution in [2.45, 2.75) is 19.9 Å². The van der Waals surface area contributed by atoms with Gasteiger partial charge in [0.15, 0.2) is 0 Å². The lowest BCUT2D eigenvalue weighted by atomic mass is 9.95. The molecule has 27 heavy (non-hydrogen) atoms. The van der Waals surface area contributed by atoms with Crippen molar-refractivity contribution < 1.29 is 14.3 Å². The summed E-state index contributed by atoms with van der Waals surface area (Å²) in [7, 11) is 1.63. The molecule has 138 valence electrons. The fraction of sp³-hybridized carbons (Fsp3) is 0.238. The van der Waals surface area contributed by atoms with E-state index in [1.54, 1.807) is 7.11 Å². The van der Waals surface area contributed by atoms with Gasteiger partial charge in [0.1, 0.15) is 5.75 Å². The van der Waals surface area contributed by atoms with Crippen LogP contribution in [-0.2, 0) is 9.53 Å². The molecule has 1 aliphatic heterocycles. The fourth-order valence-corrected chi connectivity index (χ4v) is 3.56. The van der Waals surface area contributed by atoms with Crippen LogP contribution in [0.3, 0.4) is 0 Å². The smallest absolute Gasteiger partial charge is 0.338 e. The van der Waals surface area contributed by atoms with Gasteiger partial charge in [0.2, 0.25) is 5.95 Å². The summed E-state index contributed by atoms with van der Waals surface area (Å²) in [4.78, 5) is 17.5. The Bertz CT molecular complexity index is 1050. The number of nitrogens with zero attached hydrogens (tertiary/aromatic N) is 2. The Morgan fingerprint density at radius 1 is 1.22 bits per heavy atom. The minimum atomic E-state index is -0.359. The highest BCUT2D eigenvalue weighted by atomic mass is 16.5. The summed E-state index contributed by atoms with van der Waals surface area (Å²) >= 11 is 0. The van der Waals surface area contributed by atoms with Gasteiger partial charge < -0.3 is 14.8 Å². The van der Waals surface area contributed by atoms with Crippen molar-refractivity contribution in [2.24, 2.45) is 0 Å². The number of rotatable bonds is 4. The van der Waals surface area contributed by atoms with Crippen molar-refractivity contribution in [3.8, 4) is 5.75 Å². The van der Waals surface area contributed by atoms with Crippen molar-refractivity contribution >= 4 is 23.0 Å². The van der Waals surface area contributed by atoms with E-state index in [4.69, 9.17) is 14.5 Å². The van der Waals surface area contributed by atoms with Crippen molar-refractivity contribution in [3.05, 3.63) is 65.4 Å². The molecular weight excluding hydrogens is 342 g/mol. The molecule has 4 rings (SSSR count). The first kappa shape index (κ1) is 17.1. The summed E-state index contributed by atoms with van der Waals surface area (Å²) in [5.41, 5.74) is 4.06. The van der Waals surface area contributed by atoms with Crippen LogP contribution >= 0.6 is 0 Å². The topological polar surface area (TPSA) is 65.4 Å². The van der Waals surface area contributed by atoms with Crippen LogP contribution < -0.4 is 10.1 Å². The molecule has 1 unspecified atom stereocenters. The van der Waals surface area contributed by atoms with E-state index < -0.39 is 0 Å². The minimum Gasteiger partial charge on any atom is -0.497 e. The molecule has 0 fully saturated rings. The molecule has 1 atom stereocenters. The summed E-state index contributed by atoms with van der Waals surface area (Å²) in [5.74, 6) is 1.10. The summed E-state index contributed by atoms with van der Waals surface area (Å²) < 4.78 is 12.8. The highest BCUT2D eigenvalue weighted by Crippen LogP contribution is 2.40. The SMILES string of the molecule is CCOC(=O)C1=C(C)Nc2nc3ccccc3n2C1c1cccc(OC)c1. The molecule has 0 radical (unpaired) electrons. The van der Waals surface area contributed by atoms with Gasteiger partial charge in [-0.25, -0.2) is 9.78 Å². The highest BCUT2D eigenvalue weighted by molar-refractivity contribution is 5.94. The van der Waals surface area contributed by atoms with Crippen LogP contribution in [0.25, 0.3) is 11.0 Å². The zero-order chi connectivity index (χ0) is 19.0. The number of anilines is 1. The molecule has 0 saturated heterocycles. The molecule has 0 saturated carbocycles. The van der Waals surface area contributed by atoms with E-state index in [0.717, 1.165) is 28.0 Å². The monoisotopic (exact) mass is 363 g/mol. The number of hydrogen-bond donors (Lipinski definition) is 1. The average molecular weight is 363 g/mol. The molecule has 1 aliphatic rings. The third-order valence-corrected chi connectivity index (χ3v) is 4.74. The Labute approximate surface area is 157 Å². The molecule has 1 aromatic heterocycles. The molecule has 2 aromatic carbocycles. The first-order valence-electron chi connectivity index (χ1n) is 8.90. The predicted octanol–water partition coefficient (Wildman–Crippen LogP) is 3.90. The molecular formula is C21H21N3O3. The number of esters is 1. The number of methoxy groups -OCH3 is 1. The van der Waals surface area contributed by atoms with Crippen LogP contribution in [0.1, 0.15) is 25.5 Å². The molecule has 6 heteroatoms. The molecule has 0 spiro atoms. The van der Waals surface area contributed by atoms with Crippen molar-refractivity contribution in [3.63, 3.8) is 0 Å². The molecule has 3 aromatic rings. The first-order chi connectivity index (χ1) is 13.1. The van der Waals surface area contributed by atoms with Gasteiger partial charge in [-0.2, -0.15) is 0 Å². The number of carbonyl (C=O) groups excluding carboxylic acids is 1. The molecule has 0 aliphatic carbocycles. The van der Waals surface area contributed by atoms with E-state index >= 15 is 0 Å². The van der Waals surface area contributed by atoms with E-state index in [1.807, 2.05) is 66.9 Å². The third-order valence-electron chi connectivity index (χ3n) is 4.74. The second-order valence-electron chi connectivity index (χ2n) is 6.36. The van der Waals surface area contributed by atoms with Gasteiger partial charge in [-0.05, 0) is 43.7 Å². The number of imidazole rings is 1. The zero-order valence-electron chi connectivity index (χ0n) is 15.5. The van der Waals surface area contributed by atoms with Crippen LogP contribution in [0.2, 0.25) is 0 Å². The molecule has 0 bridgehead atoms. The maximum atomic E-state index is 12.8. The Kier molecular flexibility index (Phi) is 4.32. The lowest BCUT2D eigenvalue weighted by Crippen LogP contribution is -2.29. The number of hydrogen-bond acceptors (Lipinski definition) is 5. The highest BCUT2D eigenvalue weighted by Gasteiger charge is 2.35. The van der Waals surface area contributed by atoms with Crippen LogP contribution in [0.4, 0.5) is 5.95 Å². The van der Waals surface area contributed by atoms with Gasteiger partial charge in [-0.3, -0.25) is 4.57 Å². The maximum absolute atomic E-state index is 12.8. The van der Waals surface area contributed by atoms with Crippen molar-refractivity contribution in [1.82, 2.24) is 9.55 Å². The number of allylic oxidation sites excluding steroid dienone is 1. The van der Waals surface area contributed by atoms with Crippen molar-refractivity contribution in [2.75, 3.05) is 19.0 Å². The molecule has 2 heterocycles. The van der Waals surface area contributed by atoms with Crippen LogP contribution in [0.5, 0.6) is 5.75 Å². The maximum Gasteiger partial charge on any atom is 0.338 e. The Morgan fingerprint density at radius 2 is 2.04 bits per heavy atom. The van der Waals surface area contributed by atoms with E-state index in [0.29, 0.717) is 18.1 Å². The lowest BCUT2D eigenvalue weighted by Gasteiger charge is -2.30. The van der Waals surface area contributed by atoms with E-state index in [-0.39, 0.29) is 12.0 Å². The number of nitrogens with one attached hydrogen (secondary N) is 1. The normalized spacial score (nSPS) is 16.0. The summed E-state index contributed by atoms with van der Waals surface area (Å²) in [6.07, 6.45) is 0. The number of carbonyl (C=O) groups is 1. The first-order valence-corrected chi connectivity index (χ1v) is 8.90. The number of benzene rings is 2. The second-order valence-corrected chi connectivity index (χ2v) is 6.36. The number of aromatic nitrogens is 2. The van der Waals surface area contributed by atoms with Crippen molar-refractivity contribution in [1.29, 1.82) is 0 Å². The zero-order valence-corrected chi connectivity index (χ0v) is 15.5. The van der Waals surface area contributed by atoms with Crippen LogP contribution in [0.15, 0.2) is 59.8 Å². The largest absolute Gasteiger partial charge is 0.497 e. The molecule has 0 amide bonds. The lowest BCUT2D eigenvalue weighted by molar-refractivity contribution is -0.139. The standard InChI is InChI=1S/C21H21N3O3/c1-4-27-20(25)18-13(2)22-21-23-16-10-5-6-11-17(16)24(21)19(18)14-8-7-9-15(12-14)26-3/h5-12,19H,4H2,1-3H3,(H,22,23). The van der Waals surface area contributed by atoms with Crippen LogP contribution in [-0.4, -0.2) is 29.2 Å². The number of para-hydroxylation sites is 2. The van der Waals surface area contributed by atoms with Gasteiger partial charge in [0.25, 0.3) is 0 Å². The molecule has 1 N–H and O–H groups in total. The second kappa shape index (κ2) is 6.79. The quantitative estimate of drug-likeness (QED) is 0.712. The van der Waals surface area contributed by atoms with E-state index in [2.05, 4.69) is 5.32 Å². The van der Waals surface area contributed by atoms with Crippen LogP contribution in [0, 0.1) is 0 Å². The Hall–Kier alpha value is -3.28. The predicted molar refractivity (Wildman–Crippen MR) is 104 cm³/mol. The number of fused-ring (bicyclic) bond motifs is 3. The Balaban J connectivity index is 1.98. The van der Waals surface area contributed by atoms with E-state index in [9.17, 15) is 4.79 Å². The van der Waals surface area contributed by atoms with Gasteiger partial charge in [-0.1, -0.05) is 24.3 Å². The van der Waals surface area contributed by atoms with Gasteiger partial charge >= 0.3 is 5.97 Å². The number of ether oxygens (including phenoxy) is 2. The van der Waals surface area contributed by atoms with Gasteiger partial charge in [-0.15, -0.1) is 0 Å². The van der Waals surface area contributed by atoms with Gasteiger partial charge in [0, 0.05) is 5.70 Å². The summed E-state index contributed by atoms with van der Waals surface area (Å²) in [5, 5.41) is 3.27. The third kappa shape index (κ3) is 2.83. The average Bonchev–Trinajstić information content (AvgIpc) is 3.04. The van der Waals surface area contributed by atoms with E-state index in [1.165, 1.54) is 0 Å². The summed E-state index contributed by atoms with van der Waals surface area (Å²) in [6, 6.07) is 15.3. The fourth-order valence-electron chi connectivity index (χ4n) is 3.56. The summed E-state index contributed by atoms with van der Waals surface area (Å²) in [6.45, 7) is 4.00. The molecule has 6 nitrogen and oxygen atoms in total. The Morgan fingerprint density at radius 3 is 2.81 bits per heavy atom. The minimum absolute atomic E-state index is 0.317.